The van der Waals surface area contributed by atoms with E-state index in [-0.39, 0.29) is 23.3 Å². The first kappa shape index (κ1) is 17.5. The number of hydrogen-bond acceptors (Lipinski definition) is 2. The molecular formula is C21H22FN3O2. The topological polar surface area (TPSA) is 66.9 Å². The zero-order valence-corrected chi connectivity index (χ0v) is 15.0. The maximum atomic E-state index is 13.2. The van der Waals surface area contributed by atoms with Crippen LogP contribution in [0.4, 0.5) is 4.39 Å². The van der Waals surface area contributed by atoms with E-state index in [0.717, 1.165) is 29.4 Å². The van der Waals surface area contributed by atoms with Crippen LogP contribution in [-0.4, -0.2) is 22.0 Å². The second-order valence-electron chi connectivity index (χ2n) is 7.11. The molecule has 1 aromatic heterocycles. The second-order valence-corrected chi connectivity index (χ2v) is 7.11. The van der Waals surface area contributed by atoms with Gasteiger partial charge in [0, 0.05) is 13.1 Å². The number of aromatic amines is 1. The van der Waals surface area contributed by atoms with Crippen molar-refractivity contribution in [1.29, 1.82) is 0 Å². The first-order chi connectivity index (χ1) is 13.1. The Labute approximate surface area is 156 Å². The van der Waals surface area contributed by atoms with E-state index in [1.54, 1.807) is 16.7 Å². The number of carbonyl (C=O) groups excluding carboxylic acids is 1. The molecule has 0 saturated heterocycles. The Morgan fingerprint density at radius 3 is 2.67 bits per heavy atom. The molecule has 1 aliphatic carbocycles. The van der Waals surface area contributed by atoms with Gasteiger partial charge < -0.3 is 10.3 Å². The number of nitrogens with one attached hydrogen (secondary N) is 2. The van der Waals surface area contributed by atoms with E-state index in [4.69, 9.17) is 0 Å². The van der Waals surface area contributed by atoms with Gasteiger partial charge in [-0.2, -0.15) is 0 Å². The van der Waals surface area contributed by atoms with Crippen LogP contribution >= 0.6 is 0 Å². The molecule has 1 aliphatic rings. The highest BCUT2D eigenvalue weighted by Crippen LogP contribution is 2.42. The summed E-state index contributed by atoms with van der Waals surface area (Å²) >= 11 is 0. The molecule has 0 spiro atoms. The Morgan fingerprint density at radius 2 is 1.93 bits per heavy atom. The first-order valence-corrected chi connectivity index (χ1v) is 9.34. The van der Waals surface area contributed by atoms with Crippen LogP contribution in [0.15, 0.2) is 53.3 Å². The summed E-state index contributed by atoms with van der Waals surface area (Å²) < 4.78 is 14.9. The molecule has 27 heavy (non-hydrogen) atoms. The monoisotopic (exact) mass is 367 g/mol. The van der Waals surface area contributed by atoms with E-state index >= 15 is 0 Å². The van der Waals surface area contributed by atoms with Gasteiger partial charge >= 0.3 is 5.69 Å². The number of aryl methyl sites for hydroxylation is 1. The molecule has 0 radical (unpaired) electrons. The number of aromatic nitrogens is 2. The number of imidazole rings is 1. The van der Waals surface area contributed by atoms with Crippen molar-refractivity contribution in [3.63, 3.8) is 0 Å². The summed E-state index contributed by atoms with van der Waals surface area (Å²) in [5.41, 5.74) is 2.42. The van der Waals surface area contributed by atoms with Gasteiger partial charge in [0.2, 0.25) is 5.91 Å². The summed E-state index contributed by atoms with van der Waals surface area (Å²) in [7, 11) is 0. The molecule has 1 fully saturated rings. The summed E-state index contributed by atoms with van der Waals surface area (Å²) in [6, 6.07) is 13.8. The Kier molecular flexibility index (Phi) is 4.79. The molecule has 0 aliphatic heterocycles. The van der Waals surface area contributed by atoms with Crippen molar-refractivity contribution in [3.05, 3.63) is 70.4 Å². The molecule has 4 rings (SSSR count). The summed E-state index contributed by atoms with van der Waals surface area (Å²) in [4.78, 5) is 27.6. The molecule has 2 aromatic carbocycles. The van der Waals surface area contributed by atoms with Crippen LogP contribution in [0.25, 0.3) is 11.0 Å². The lowest BCUT2D eigenvalue weighted by molar-refractivity contribution is -0.123. The maximum absolute atomic E-state index is 13.2. The number of carbonyl (C=O) groups is 1. The fourth-order valence-corrected chi connectivity index (χ4v) is 3.62. The minimum absolute atomic E-state index is 0.0182. The summed E-state index contributed by atoms with van der Waals surface area (Å²) in [5.74, 6) is -0.193. The number of benzene rings is 2. The fraction of sp³-hybridized carbons (Fsp3) is 0.333. The molecule has 140 valence electrons. The van der Waals surface area contributed by atoms with Crippen molar-refractivity contribution in [3.8, 4) is 0 Å². The average Bonchev–Trinajstić information content (AvgIpc) is 3.44. The highest BCUT2D eigenvalue weighted by molar-refractivity contribution is 5.84. The van der Waals surface area contributed by atoms with Crippen molar-refractivity contribution in [2.45, 2.75) is 31.7 Å². The SMILES string of the molecule is O=C(NCCCn1c(=O)[nH]c2ccccc21)C(c1ccc(F)cc1)C1CC1. The minimum Gasteiger partial charge on any atom is -0.355 e. The third kappa shape index (κ3) is 3.79. The van der Waals surface area contributed by atoms with Gasteiger partial charge in [0.1, 0.15) is 5.82 Å². The molecule has 5 nitrogen and oxygen atoms in total. The van der Waals surface area contributed by atoms with Crippen LogP contribution in [-0.2, 0) is 11.3 Å². The Morgan fingerprint density at radius 1 is 1.19 bits per heavy atom. The molecule has 1 amide bonds. The lowest BCUT2D eigenvalue weighted by Crippen LogP contribution is -2.32. The Bertz CT molecular complexity index is 1000. The molecule has 6 heteroatoms. The van der Waals surface area contributed by atoms with Gasteiger partial charge in [-0.15, -0.1) is 0 Å². The minimum atomic E-state index is -0.294. The predicted molar refractivity (Wildman–Crippen MR) is 102 cm³/mol. The quantitative estimate of drug-likeness (QED) is 0.630. The molecule has 1 unspecified atom stereocenters. The van der Waals surface area contributed by atoms with Crippen molar-refractivity contribution in [2.75, 3.05) is 6.54 Å². The third-order valence-corrected chi connectivity index (χ3v) is 5.14. The van der Waals surface area contributed by atoms with Crippen molar-refractivity contribution >= 4 is 16.9 Å². The zero-order chi connectivity index (χ0) is 18.8. The third-order valence-electron chi connectivity index (χ3n) is 5.14. The van der Waals surface area contributed by atoms with E-state index in [1.807, 2.05) is 24.3 Å². The Balaban J connectivity index is 1.36. The number of rotatable bonds is 7. The average molecular weight is 367 g/mol. The lowest BCUT2D eigenvalue weighted by Gasteiger charge is -2.17. The van der Waals surface area contributed by atoms with E-state index in [1.165, 1.54) is 12.1 Å². The van der Waals surface area contributed by atoms with Crippen molar-refractivity contribution in [1.82, 2.24) is 14.9 Å². The van der Waals surface area contributed by atoms with Crippen LogP contribution in [0.1, 0.15) is 30.7 Å². The predicted octanol–water partition coefficient (Wildman–Crippen LogP) is 3.17. The van der Waals surface area contributed by atoms with Gasteiger partial charge in [-0.1, -0.05) is 24.3 Å². The van der Waals surface area contributed by atoms with Gasteiger partial charge in [0.05, 0.1) is 17.0 Å². The van der Waals surface area contributed by atoms with Gasteiger partial charge in [0.15, 0.2) is 0 Å². The largest absolute Gasteiger partial charge is 0.355 e. The first-order valence-electron chi connectivity index (χ1n) is 9.34. The number of hydrogen-bond donors (Lipinski definition) is 2. The molecule has 1 atom stereocenters. The smallest absolute Gasteiger partial charge is 0.326 e. The van der Waals surface area contributed by atoms with E-state index in [2.05, 4.69) is 10.3 Å². The molecule has 2 N–H and O–H groups in total. The summed E-state index contributed by atoms with van der Waals surface area (Å²) in [5, 5.41) is 2.99. The van der Waals surface area contributed by atoms with Gasteiger partial charge in [-0.3, -0.25) is 9.36 Å². The van der Waals surface area contributed by atoms with Crippen molar-refractivity contribution in [2.24, 2.45) is 5.92 Å². The molecule has 3 aromatic rings. The van der Waals surface area contributed by atoms with Crippen LogP contribution in [0, 0.1) is 11.7 Å². The number of para-hydroxylation sites is 2. The van der Waals surface area contributed by atoms with Crippen LogP contribution in [0.5, 0.6) is 0 Å². The van der Waals surface area contributed by atoms with Crippen LogP contribution in [0.3, 0.4) is 0 Å². The van der Waals surface area contributed by atoms with Gasteiger partial charge in [-0.25, -0.2) is 9.18 Å². The van der Waals surface area contributed by atoms with E-state index in [0.29, 0.717) is 25.4 Å². The van der Waals surface area contributed by atoms with Gasteiger partial charge in [0.25, 0.3) is 0 Å². The molecule has 1 saturated carbocycles. The normalized spacial score (nSPS) is 15.0. The molecular weight excluding hydrogens is 345 g/mol. The summed E-state index contributed by atoms with van der Waals surface area (Å²) in [6.07, 6.45) is 2.72. The number of fused-ring (bicyclic) bond motifs is 1. The van der Waals surface area contributed by atoms with Crippen molar-refractivity contribution < 1.29 is 9.18 Å². The standard InChI is InChI=1S/C21H22FN3O2/c22-16-10-8-15(9-11-16)19(14-6-7-14)20(26)23-12-3-13-25-18-5-2-1-4-17(18)24-21(25)27/h1-2,4-5,8-11,14,19H,3,6-7,12-13H2,(H,23,26)(H,24,27). The number of halogens is 1. The van der Waals surface area contributed by atoms with E-state index < -0.39 is 0 Å². The number of amides is 1. The van der Waals surface area contributed by atoms with Crippen LogP contribution in [0.2, 0.25) is 0 Å². The number of nitrogens with zero attached hydrogens (tertiary/aromatic N) is 1. The number of H-pyrrole nitrogens is 1. The molecule has 1 heterocycles. The van der Waals surface area contributed by atoms with Gasteiger partial charge in [-0.05, 0) is 55.0 Å². The highest BCUT2D eigenvalue weighted by atomic mass is 19.1. The lowest BCUT2D eigenvalue weighted by atomic mass is 9.93. The Hall–Kier alpha value is -2.89. The molecule has 0 bridgehead atoms. The van der Waals surface area contributed by atoms with E-state index in [9.17, 15) is 14.0 Å². The second kappa shape index (κ2) is 7.39. The maximum Gasteiger partial charge on any atom is 0.326 e. The van der Waals surface area contributed by atoms with Crippen LogP contribution < -0.4 is 11.0 Å². The fourth-order valence-electron chi connectivity index (χ4n) is 3.62. The zero-order valence-electron chi connectivity index (χ0n) is 15.0. The highest BCUT2D eigenvalue weighted by Gasteiger charge is 2.37. The summed E-state index contributed by atoms with van der Waals surface area (Å²) in [6.45, 7) is 1.03.